The van der Waals surface area contributed by atoms with Crippen molar-refractivity contribution in [3.8, 4) is 11.3 Å². The number of nitrogens with zero attached hydrogens (tertiary/aromatic N) is 3. The van der Waals surface area contributed by atoms with E-state index < -0.39 is 0 Å². The molecule has 2 aliphatic rings. The molecule has 0 amide bonds. The SMILES string of the molecule is CC(C)c1c(-c2cn(C)c(=O)c3c2CCC3)[nH]c2cnc(N3CCNCC3)c(F)c12. The van der Waals surface area contributed by atoms with Gasteiger partial charge in [-0.2, -0.15) is 0 Å². The van der Waals surface area contributed by atoms with Crippen LogP contribution in [0.4, 0.5) is 10.2 Å². The summed E-state index contributed by atoms with van der Waals surface area (Å²) in [5.74, 6) is 0.306. The second kappa shape index (κ2) is 7.23. The van der Waals surface area contributed by atoms with Crippen LogP contribution in [0.3, 0.4) is 0 Å². The third kappa shape index (κ3) is 2.87. The smallest absolute Gasteiger partial charge is 0.253 e. The first-order valence-corrected chi connectivity index (χ1v) is 10.8. The van der Waals surface area contributed by atoms with E-state index in [1.165, 1.54) is 0 Å². The molecule has 2 N–H and O–H groups in total. The Morgan fingerprint density at radius 2 is 1.90 bits per heavy atom. The minimum absolute atomic E-state index is 0.0855. The van der Waals surface area contributed by atoms with E-state index in [0.717, 1.165) is 73.4 Å². The molecule has 6 nitrogen and oxygen atoms in total. The van der Waals surface area contributed by atoms with Crippen LogP contribution in [0.5, 0.6) is 0 Å². The molecule has 1 aliphatic heterocycles. The fourth-order valence-electron chi connectivity index (χ4n) is 5.08. The number of rotatable bonds is 3. The standard InChI is InChI=1S/C23H28FN5O/c1-13(2)18-19-17(11-26-22(20(19)24)29-9-7-25-8-10-29)27-21(18)16-12-28(3)23(30)15-6-4-5-14(15)16/h11-13,25,27H,4-10H2,1-3H3. The van der Waals surface area contributed by atoms with Crippen molar-refractivity contribution in [1.29, 1.82) is 0 Å². The minimum Gasteiger partial charge on any atom is -0.353 e. The van der Waals surface area contributed by atoms with Crippen molar-refractivity contribution in [1.82, 2.24) is 19.9 Å². The molecule has 0 bridgehead atoms. The van der Waals surface area contributed by atoms with Crippen molar-refractivity contribution in [3.63, 3.8) is 0 Å². The lowest BCUT2D eigenvalue weighted by atomic mass is 9.94. The van der Waals surface area contributed by atoms with Crippen LogP contribution in [-0.2, 0) is 19.9 Å². The maximum Gasteiger partial charge on any atom is 0.253 e. The third-order valence-corrected chi connectivity index (χ3v) is 6.51. The Kier molecular flexibility index (Phi) is 4.65. The molecule has 158 valence electrons. The van der Waals surface area contributed by atoms with E-state index in [1.807, 2.05) is 11.1 Å². The van der Waals surface area contributed by atoms with Crippen LogP contribution in [0.25, 0.3) is 22.2 Å². The predicted octanol–water partition coefficient (Wildman–Crippen LogP) is 3.09. The summed E-state index contributed by atoms with van der Waals surface area (Å²) in [6, 6.07) is 0. The van der Waals surface area contributed by atoms with Crippen molar-refractivity contribution >= 4 is 16.7 Å². The zero-order chi connectivity index (χ0) is 21.0. The van der Waals surface area contributed by atoms with Crippen LogP contribution >= 0.6 is 0 Å². The zero-order valence-corrected chi connectivity index (χ0v) is 17.8. The van der Waals surface area contributed by atoms with E-state index >= 15 is 4.39 Å². The van der Waals surface area contributed by atoms with Crippen molar-refractivity contribution in [3.05, 3.63) is 45.3 Å². The van der Waals surface area contributed by atoms with Gasteiger partial charge in [0.25, 0.3) is 5.56 Å². The molecule has 0 spiro atoms. The lowest BCUT2D eigenvalue weighted by Gasteiger charge is -2.28. The van der Waals surface area contributed by atoms with Crippen molar-refractivity contribution in [2.75, 3.05) is 31.1 Å². The number of nitrogens with one attached hydrogen (secondary N) is 2. The van der Waals surface area contributed by atoms with E-state index in [4.69, 9.17) is 0 Å². The van der Waals surface area contributed by atoms with Crippen molar-refractivity contribution in [2.45, 2.75) is 39.0 Å². The monoisotopic (exact) mass is 409 g/mol. The van der Waals surface area contributed by atoms with Gasteiger partial charge in [-0.3, -0.25) is 4.79 Å². The topological polar surface area (TPSA) is 66.0 Å². The molecular weight excluding hydrogens is 381 g/mol. The number of pyridine rings is 2. The molecular formula is C23H28FN5O. The summed E-state index contributed by atoms with van der Waals surface area (Å²) in [5, 5.41) is 3.93. The van der Waals surface area contributed by atoms with Crippen molar-refractivity contribution in [2.24, 2.45) is 7.05 Å². The van der Waals surface area contributed by atoms with Gasteiger partial charge in [0.2, 0.25) is 0 Å². The lowest BCUT2D eigenvalue weighted by Crippen LogP contribution is -2.44. The van der Waals surface area contributed by atoms with Gasteiger partial charge in [0, 0.05) is 55.9 Å². The number of hydrogen-bond donors (Lipinski definition) is 2. The normalized spacial score (nSPS) is 16.6. The molecule has 3 aromatic rings. The fraction of sp³-hybridized carbons (Fsp3) is 0.478. The number of piperazine rings is 1. The van der Waals surface area contributed by atoms with E-state index in [0.29, 0.717) is 16.7 Å². The average molecular weight is 410 g/mol. The van der Waals surface area contributed by atoms with Gasteiger partial charge in [0.05, 0.1) is 17.4 Å². The number of aromatic amines is 1. The van der Waals surface area contributed by atoms with Gasteiger partial charge >= 0.3 is 0 Å². The first kappa shape index (κ1) is 19.3. The maximum atomic E-state index is 15.8. The highest BCUT2D eigenvalue weighted by Gasteiger charge is 2.28. The first-order valence-electron chi connectivity index (χ1n) is 10.8. The Balaban J connectivity index is 1.76. The largest absolute Gasteiger partial charge is 0.353 e. The number of hydrogen-bond acceptors (Lipinski definition) is 4. The minimum atomic E-state index is -0.248. The van der Waals surface area contributed by atoms with Crippen LogP contribution in [0.2, 0.25) is 0 Å². The fourth-order valence-corrected chi connectivity index (χ4v) is 5.08. The molecule has 3 aromatic heterocycles. The highest BCUT2D eigenvalue weighted by molar-refractivity contribution is 5.93. The summed E-state index contributed by atoms with van der Waals surface area (Å²) in [5.41, 5.74) is 5.73. The number of halogens is 1. The zero-order valence-electron chi connectivity index (χ0n) is 17.8. The number of H-pyrrole nitrogens is 1. The van der Waals surface area contributed by atoms with E-state index in [2.05, 4.69) is 29.1 Å². The van der Waals surface area contributed by atoms with E-state index in [1.54, 1.807) is 17.8 Å². The Bertz CT molecular complexity index is 1190. The average Bonchev–Trinajstić information content (AvgIpc) is 3.37. The van der Waals surface area contributed by atoms with Gasteiger partial charge in [0.15, 0.2) is 11.6 Å². The van der Waals surface area contributed by atoms with Crippen LogP contribution in [0.15, 0.2) is 17.2 Å². The Morgan fingerprint density at radius 3 is 2.63 bits per heavy atom. The second-order valence-corrected chi connectivity index (χ2v) is 8.76. The lowest BCUT2D eigenvalue weighted by molar-refractivity contribution is 0.562. The number of anilines is 1. The van der Waals surface area contributed by atoms with Gasteiger partial charge in [-0.25, -0.2) is 9.37 Å². The summed E-state index contributed by atoms with van der Waals surface area (Å²) in [6.45, 7) is 7.35. The highest BCUT2D eigenvalue weighted by atomic mass is 19.1. The Hall–Kier alpha value is -2.67. The maximum absolute atomic E-state index is 15.8. The molecule has 1 saturated heterocycles. The van der Waals surface area contributed by atoms with Gasteiger partial charge in [-0.15, -0.1) is 0 Å². The second-order valence-electron chi connectivity index (χ2n) is 8.76. The molecule has 30 heavy (non-hydrogen) atoms. The molecule has 0 unspecified atom stereocenters. The molecule has 0 aromatic carbocycles. The summed E-state index contributed by atoms with van der Waals surface area (Å²) >= 11 is 0. The van der Waals surface area contributed by atoms with Gasteiger partial charge in [-0.05, 0) is 36.3 Å². The molecule has 7 heteroatoms. The molecule has 4 heterocycles. The molecule has 1 fully saturated rings. The van der Waals surface area contributed by atoms with Crippen molar-refractivity contribution < 1.29 is 4.39 Å². The summed E-state index contributed by atoms with van der Waals surface area (Å²) < 4.78 is 17.5. The summed E-state index contributed by atoms with van der Waals surface area (Å²) in [7, 11) is 1.80. The van der Waals surface area contributed by atoms with Crippen LogP contribution in [0, 0.1) is 5.82 Å². The van der Waals surface area contributed by atoms with Gasteiger partial charge in [-0.1, -0.05) is 13.8 Å². The van der Waals surface area contributed by atoms with Gasteiger partial charge < -0.3 is 19.8 Å². The first-order chi connectivity index (χ1) is 14.5. The Labute approximate surface area is 175 Å². The highest BCUT2D eigenvalue weighted by Crippen LogP contribution is 2.41. The van der Waals surface area contributed by atoms with E-state index in [-0.39, 0.29) is 17.3 Å². The Morgan fingerprint density at radius 1 is 1.17 bits per heavy atom. The number of fused-ring (bicyclic) bond motifs is 2. The molecule has 0 atom stereocenters. The predicted molar refractivity (Wildman–Crippen MR) is 118 cm³/mol. The molecule has 1 aliphatic carbocycles. The summed E-state index contributed by atoms with van der Waals surface area (Å²) in [4.78, 5) is 22.5. The van der Waals surface area contributed by atoms with Gasteiger partial charge in [0.1, 0.15) is 0 Å². The third-order valence-electron chi connectivity index (χ3n) is 6.51. The van der Waals surface area contributed by atoms with Crippen LogP contribution in [-0.4, -0.2) is 40.7 Å². The van der Waals surface area contributed by atoms with Crippen LogP contribution < -0.4 is 15.8 Å². The molecule has 5 rings (SSSR count). The number of aromatic nitrogens is 3. The molecule has 0 saturated carbocycles. The summed E-state index contributed by atoms with van der Waals surface area (Å²) in [6.07, 6.45) is 6.36. The number of aryl methyl sites for hydroxylation is 1. The quantitative estimate of drug-likeness (QED) is 0.698. The van der Waals surface area contributed by atoms with Crippen LogP contribution in [0.1, 0.15) is 42.9 Å². The van der Waals surface area contributed by atoms with E-state index in [9.17, 15) is 4.79 Å². The molecule has 0 radical (unpaired) electrons.